The summed E-state index contributed by atoms with van der Waals surface area (Å²) in [7, 11) is 0. The minimum Gasteiger partial charge on any atom is -0.356 e. The Kier molecular flexibility index (Phi) is 3.07. The number of fused-ring (bicyclic) bond motifs is 2. The fourth-order valence-electron chi connectivity index (χ4n) is 2.96. The number of carbonyl (C=O) groups excluding carboxylic acids is 2. The largest absolute Gasteiger partial charge is 0.356 e. The Labute approximate surface area is 117 Å². The first-order valence-electron chi connectivity index (χ1n) is 6.69. The molecule has 102 valence electrons. The second-order valence-corrected chi connectivity index (χ2v) is 5.23. The van der Waals surface area contributed by atoms with E-state index < -0.39 is 5.60 Å². The lowest BCUT2D eigenvalue weighted by Crippen LogP contribution is -2.47. The maximum atomic E-state index is 12.3. The number of benzene rings is 1. The van der Waals surface area contributed by atoms with E-state index in [4.69, 9.17) is 11.2 Å². The Morgan fingerprint density at radius 2 is 2.20 bits per heavy atom. The zero-order chi connectivity index (χ0) is 14.2. The summed E-state index contributed by atoms with van der Waals surface area (Å²) in [5.41, 5.74) is 0.317. The highest BCUT2D eigenvalue weighted by Crippen LogP contribution is 2.45. The molecule has 4 heteroatoms. The van der Waals surface area contributed by atoms with Crippen molar-refractivity contribution in [2.45, 2.75) is 37.4 Å². The molecule has 0 aliphatic carbocycles. The number of para-hydroxylation sites is 1. The van der Waals surface area contributed by atoms with E-state index in [9.17, 15) is 9.59 Å². The van der Waals surface area contributed by atoms with Crippen LogP contribution in [-0.4, -0.2) is 17.8 Å². The summed E-state index contributed by atoms with van der Waals surface area (Å²) in [6.45, 7) is 0. The molecule has 1 spiro atoms. The number of ether oxygens (including phenoxy) is 1. The van der Waals surface area contributed by atoms with Gasteiger partial charge in [-0.3, -0.25) is 9.59 Å². The molecule has 1 saturated heterocycles. The van der Waals surface area contributed by atoms with Crippen molar-refractivity contribution in [2.24, 2.45) is 0 Å². The van der Waals surface area contributed by atoms with Gasteiger partial charge in [0.2, 0.25) is 0 Å². The SMILES string of the molecule is C#CCC[C@@H]1CC(=O)C[C@]2(O1)C(=O)Nc1ccccc12. The lowest BCUT2D eigenvalue weighted by molar-refractivity contribution is -0.169. The van der Waals surface area contributed by atoms with Gasteiger partial charge in [-0.2, -0.15) is 0 Å². The van der Waals surface area contributed by atoms with Crippen molar-refractivity contribution in [2.75, 3.05) is 5.32 Å². The van der Waals surface area contributed by atoms with Gasteiger partial charge in [0.25, 0.3) is 5.91 Å². The Balaban J connectivity index is 1.97. The molecule has 20 heavy (non-hydrogen) atoms. The lowest BCUT2D eigenvalue weighted by atomic mass is 9.84. The fraction of sp³-hybridized carbons (Fsp3) is 0.375. The Bertz CT molecular complexity index is 616. The van der Waals surface area contributed by atoms with E-state index in [0.717, 1.165) is 11.3 Å². The van der Waals surface area contributed by atoms with Crippen LogP contribution in [0.1, 0.15) is 31.2 Å². The van der Waals surface area contributed by atoms with Gasteiger partial charge in [0.1, 0.15) is 5.78 Å². The van der Waals surface area contributed by atoms with Crippen LogP contribution in [0.2, 0.25) is 0 Å². The molecule has 0 unspecified atom stereocenters. The highest BCUT2D eigenvalue weighted by molar-refractivity contribution is 6.07. The molecule has 3 rings (SSSR count). The normalized spacial score (nSPS) is 28.1. The molecule has 1 aromatic carbocycles. The first kappa shape index (κ1) is 12.9. The number of terminal acetylenes is 1. The summed E-state index contributed by atoms with van der Waals surface area (Å²) < 4.78 is 6.02. The standard InChI is InChI=1S/C16H15NO3/c1-2-3-6-12-9-11(18)10-16(20-12)13-7-4-5-8-14(13)17-15(16)19/h1,4-5,7-8,12H,3,6,9-10H2,(H,17,19)/t12-,16-/m1/s1. The van der Waals surface area contributed by atoms with Crippen molar-refractivity contribution in [3.63, 3.8) is 0 Å². The maximum absolute atomic E-state index is 12.3. The molecule has 2 atom stereocenters. The van der Waals surface area contributed by atoms with Crippen LogP contribution in [0.4, 0.5) is 5.69 Å². The molecule has 2 aliphatic heterocycles. The second-order valence-electron chi connectivity index (χ2n) is 5.23. The van der Waals surface area contributed by atoms with Gasteiger partial charge in [0.05, 0.1) is 6.10 Å². The van der Waals surface area contributed by atoms with E-state index in [0.29, 0.717) is 19.3 Å². The zero-order valence-electron chi connectivity index (χ0n) is 11.0. The first-order valence-corrected chi connectivity index (χ1v) is 6.69. The van der Waals surface area contributed by atoms with Gasteiger partial charge in [-0.05, 0) is 12.5 Å². The monoisotopic (exact) mass is 269 g/mol. The van der Waals surface area contributed by atoms with Gasteiger partial charge in [-0.1, -0.05) is 18.2 Å². The number of nitrogens with one attached hydrogen (secondary N) is 1. The van der Waals surface area contributed by atoms with Crippen LogP contribution < -0.4 is 5.32 Å². The van der Waals surface area contributed by atoms with Crippen molar-refractivity contribution in [1.82, 2.24) is 0 Å². The highest BCUT2D eigenvalue weighted by atomic mass is 16.5. The van der Waals surface area contributed by atoms with Crippen molar-refractivity contribution >= 4 is 17.4 Å². The van der Waals surface area contributed by atoms with Crippen LogP contribution in [0.15, 0.2) is 24.3 Å². The van der Waals surface area contributed by atoms with Gasteiger partial charge in [-0.25, -0.2) is 0 Å². The first-order chi connectivity index (χ1) is 9.65. The minimum absolute atomic E-state index is 0.0464. The van der Waals surface area contributed by atoms with Crippen LogP contribution in [0.5, 0.6) is 0 Å². The lowest BCUT2D eigenvalue weighted by Gasteiger charge is -2.36. The Hall–Kier alpha value is -2.12. The number of hydrogen-bond donors (Lipinski definition) is 1. The predicted molar refractivity (Wildman–Crippen MR) is 73.9 cm³/mol. The van der Waals surface area contributed by atoms with Gasteiger partial charge < -0.3 is 10.1 Å². The maximum Gasteiger partial charge on any atom is 0.261 e. The average molecular weight is 269 g/mol. The van der Waals surface area contributed by atoms with Gasteiger partial charge >= 0.3 is 0 Å². The molecule has 0 saturated carbocycles. The zero-order valence-corrected chi connectivity index (χ0v) is 11.0. The third-order valence-electron chi connectivity index (χ3n) is 3.86. The van der Waals surface area contributed by atoms with Crippen LogP contribution in [0.3, 0.4) is 0 Å². The molecule has 0 radical (unpaired) electrons. The smallest absolute Gasteiger partial charge is 0.261 e. The number of hydrogen-bond acceptors (Lipinski definition) is 3. The molecule has 4 nitrogen and oxygen atoms in total. The van der Waals surface area contributed by atoms with Crippen molar-refractivity contribution < 1.29 is 14.3 Å². The number of Topliss-reactive ketones (excluding diaryl/α,β-unsaturated/α-hetero) is 1. The van der Waals surface area contributed by atoms with E-state index in [1.165, 1.54) is 0 Å². The molecular formula is C16H15NO3. The molecule has 0 aromatic heterocycles. The fourth-order valence-corrected chi connectivity index (χ4v) is 2.96. The molecule has 0 bridgehead atoms. The topological polar surface area (TPSA) is 55.4 Å². The van der Waals surface area contributed by atoms with Crippen LogP contribution in [-0.2, 0) is 19.9 Å². The molecule has 1 aromatic rings. The summed E-state index contributed by atoms with van der Waals surface area (Å²) in [4.78, 5) is 24.4. The van der Waals surface area contributed by atoms with E-state index in [1.807, 2.05) is 24.3 Å². The van der Waals surface area contributed by atoms with Gasteiger partial charge in [0.15, 0.2) is 5.60 Å². The van der Waals surface area contributed by atoms with E-state index >= 15 is 0 Å². The third kappa shape index (κ3) is 1.91. The van der Waals surface area contributed by atoms with Crippen LogP contribution >= 0.6 is 0 Å². The van der Waals surface area contributed by atoms with Gasteiger partial charge in [0, 0.05) is 30.5 Å². The Morgan fingerprint density at radius 3 is 3.00 bits per heavy atom. The molecular weight excluding hydrogens is 254 g/mol. The summed E-state index contributed by atoms with van der Waals surface area (Å²) in [6, 6.07) is 7.35. The highest BCUT2D eigenvalue weighted by Gasteiger charge is 2.53. The summed E-state index contributed by atoms with van der Waals surface area (Å²) >= 11 is 0. The van der Waals surface area contributed by atoms with Gasteiger partial charge in [-0.15, -0.1) is 12.3 Å². The number of carbonyl (C=O) groups is 2. The molecule has 1 amide bonds. The summed E-state index contributed by atoms with van der Waals surface area (Å²) in [5, 5.41) is 2.80. The number of anilines is 1. The van der Waals surface area contributed by atoms with E-state index in [2.05, 4.69) is 11.2 Å². The number of amides is 1. The van der Waals surface area contributed by atoms with Crippen LogP contribution in [0, 0.1) is 12.3 Å². The minimum atomic E-state index is -1.16. The molecule has 2 heterocycles. The second kappa shape index (κ2) is 4.77. The van der Waals surface area contributed by atoms with Crippen molar-refractivity contribution in [3.8, 4) is 12.3 Å². The average Bonchev–Trinajstić information content (AvgIpc) is 2.69. The third-order valence-corrected chi connectivity index (χ3v) is 3.86. The number of rotatable bonds is 2. The van der Waals surface area contributed by atoms with E-state index in [1.54, 1.807) is 0 Å². The predicted octanol–water partition coefficient (Wildman–Crippen LogP) is 2.00. The van der Waals surface area contributed by atoms with Crippen molar-refractivity contribution in [1.29, 1.82) is 0 Å². The molecule has 1 N–H and O–H groups in total. The van der Waals surface area contributed by atoms with Crippen LogP contribution in [0.25, 0.3) is 0 Å². The Morgan fingerprint density at radius 1 is 1.40 bits per heavy atom. The molecule has 1 fully saturated rings. The van der Waals surface area contributed by atoms with Crippen molar-refractivity contribution in [3.05, 3.63) is 29.8 Å². The summed E-state index contributed by atoms with van der Waals surface area (Å²) in [5.74, 6) is 2.34. The summed E-state index contributed by atoms with van der Waals surface area (Å²) in [6.07, 6.45) is 6.54. The van der Waals surface area contributed by atoms with E-state index in [-0.39, 0.29) is 24.2 Å². The molecule has 2 aliphatic rings. The number of ketones is 1. The quantitative estimate of drug-likeness (QED) is 0.835.